The van der Waals surface area contributed by atoms with Crippen LogP contribution in [0.3, 0.4) is 0 Å². The molecule has 0 spiro atoms. The van der Waals surface area contributed by atoms with Crippen molar-refractivity contribution >= 4 is 0 Å². The fourth-order valence-corrected chi connectivity index (χ4v) is 1.41. The summed E-state index contributed by atoms with van der Waals surface area (Å²) in [6, 6.07) is 0. The number of hydrogen-bond donors (Lipinski definition) is 1. The van der Waals surface area contributed by atoms with E-state index < -0.39 is 0 Å². The Morgan fingerprint density at radius 2 is 2.50 bits per heavy atom. The van der Waals surface area contributed by atoms with Crippen LogP contribution in [0.4, 0.5) is 0 Å². The van der Waals surface area contributed by atoms with Gasteiger partial charge < -0.3 is 5.11 Å². The quantitative estimate of drug-likeness (QED) is 0.578. The van der Waals surface area contributed by atoms with Gasteiger partial charge in [-0.3, -0.25) is 4.90 Å². The van der Waals surface area contributed by atoms with Crippen molar-refractivity contribution in [1.29, 1.82) is 0 Å². The highest BCUT2D eigenvalue weighted by atomic mass is 16.3. The topological polar surface area (TPSA) is 23.5 Å². The summed E-state index contributed by atoms with van der Waals surface area (Å²) in [5.41, 5.74) is 0. The van der Waals surface area contributed by atoms with Gasteiger partial charge in [-0.25, -0.2) is 0 Å². The lowest BCUT2D eigenvalue weighted by Gasteiger charge is -2.11. The maximum Gasteiger partial charge on any atom is 0.0471 e. The predicted octanol–water partition coefficient (Wildman–Crippen LogP) is 0.487. The smallest absolute Gasteiger partial charge is 0.0471 e. The van der Waals surface area contributed by atoms with Crippen molar-refractivity contribution in [1.82, 2.24) is 4.90 Å². The number of nitrogens with zero attached hydrogens (tertiary/aromatic N) is 1. The predicted molar refractivity (Wildman–Crippen MR) is 41.8 cm³/mol. The Hall–Kier alpha value is -0.340. The lowest BCUT2D eigenvalue weighted by molar-refractivity contribution is 0.225. The first-order chi connectivity index (χ1) is 4.86. The molecule has 1 N–H and O–H groups in total. The van der Waals surface area contributed by atoms with Crippen molar-refractivity contribution in [3.63, 3.8) is 0 Å². The summed E-state index contributed by atoms with van der Waals surface area (Å²) in [6.45, 7) is 7.15. The Balaban J connectivity index is 2.21. The largest absolute Gasteiger partial charge is 0.396 e. The van der Waals surface area contributed by atoms with Gasteiger partial charge in [0, 0.05) is 19.7 Å². The number of rotatable bonds is 3. The first kappa shape index (κ1) is 7.76. The van der Waals surface area contributed by atoms with E-state index in [4.69, 9.17) is 5.11 Å². The van der Waals surface area contributed by atoms with Crippen LogP contribution in [0.15, 0.2) is 12.7 Å². The Labute approximate surface area is 62.2 Å². The summed E-state index contributed by atoms with van der Waals surface area (Å²) in [5, 5.41) is 8.80. The van der Waals surface area contributed by atoms with E-state index in [0.29, 0.717) is 12.5 Å². The zero-order valence-electron chi connectivity index (χ0n) is 6.29. The molecule has 58 valence electrons. The van der Waals surface area contributed by atoms with E-state index in [2.05, 4.69) is 11.5 Å². The zero-order chi connectivity index (χ0) is 7.40. The lowest BCUT2D eigenvalue weighted by Crippen LogP contribution is -2.21. The summed E-state index contributed by atoms with van der Waals surface area (Å²) in [5.74, 6) is 0.514. The van der Waals surface area contributed by atoms with Crippen molar-refractivity contribution < 1.29 is 5.11 Å². The van der Waals surface area contributed by atoms with Crippen LogP contribution in [0.25, 0.3) is 0 Å². The molecule has 0 aromatic heterocycles. The summed E-state index contributed by atoms with van der Waals surface area (Å²) in [4.78, 5) is 2.31. The molecule has 1 fully saturated rings. The van der Waals surface area contributed by atoms with E-state index in [1.807, 2.05) is 6.08 Å². The molecule has 1 aliphatic rings. The second kappa shape index (κ2) is 3.74. The normalized spacial score (nSPS) is 27.1. The Kier molecular flexibility index (Phi) is 2.90. The van der Waals surface area contributed by atoms with Gasteiger partial charge in [0.25, 0.3) is 0 Å². The van der Waals surface area contributed by atoms with Crippen molar-refractivity contribution in [2.24, 2.45) is 5.92 Å². The third-order valence-corrected chi connectivity index (χ3v) is 2.02. The molecule has 0 aromatic carbocycles. The zero-order valence-corrected chi connectivity index (χ0v) is 6.29. The third-order valence-electron chi connectivity index (χ3n) is 2.02. The molecule has 0 saturated carbocycles. The molecule has 1 heterocycles. The van der Waals surface area contributed by atoms with Gasteiger partial charge in [0.2, 0.25) is 0 Å². The van der Waals surface area contributed by atoms with Gasteiger partial charge >= 0.3 is 0 Å². The maximum absolute atomic E-state index is 8.80. The molecule has 2 heteroatoms. The van der Waals surface area contributed by atoms with Crippen LogP contribution in [-0.4, -0.2) is 36.2 Å². The van der Waals surface area contributed by atoms with Crippen LogP contribution < -0.4 is 0 Å². The first-order valence-electron chi connectivity index (χ1n) is 3.81. The summed E-state index contributed by atoms with van der Waals surface area (Å²) < 4.78 is 0. The highest BCUT2D eigenvalue weighted by molar-refractivity contribution is 4.80. The molecule has 2 nitrogen and oxygen atoms in total. The number of aliphatic hydroxyl groups is 1. The van der Waals surface area contributed by atoms with E-state index in [0.717, 1.165) is 26.1 Å². The van der Waals surface area contributed by atoms with Crippen LogP contribution in [0, 0.1) is 5.92 Å². The molecule has 0 aliphatic carbocycles. The molecule has 0 radical (unpaired) electrons. The van der Waals surface area contributed by atoms with Crippen LogP contribution in [-0.2, 0) is 0 Å². The molecule has 0 unspecified atom stereocenters. The summed E-state index contributed by atoms with van der Waals surface area (Å²) >= 11 is 0. The second-order valence-corrected chi connectivity index (χ2v) is 2.89. The number of likely N-dealkylation sites (tertiary alicyclic amines) is 1. The Bertz CT molecular complexity index is 114. The summed E-state index contributed by atoms with van der Waals surface area (Å²) in [6.07, 6.45) is 3.06. The van der Waals surface area contributed by atoms with Gasteiger partial charge in [-0.2, -0.15) is 0 Å². The summed E-state index contributed by atoms with van der Waals surface area (Å²) in [7, 11) is 0. The van der Waals surface area contributed by atoms with Gasteiger partial charge in [-0.1, -0.05) is 6.08 Å². The fourth-order valence-electron chi connectivity index (χ4n) is 1.41. The Morgan fingerprint density at radius 1 is 1.70 bits per heavy atom. The van der Waals surface area contributed by atoms with E-state index >= 15 is 0 Å². The minimum Gasteiger partial charge on any atom is -0.396 e. The van der Waals surface area contributed by atoms with E-state index in [1.165, 1.54) is 0 Å². The van der Waals surface area contributed by atoms with Gasteiger partial charge in [0.15, 0.2) is 0 Å². The van der Waals surface area contributed by atoms with Gasteiger partial charge in [0.1, 0.15) is 0 Å². The van der Waals surface area contributed by atoms with Crippen LogP contribution in [0.1, 0.15) is 6.42 Å². The van der Waals surface area contributed by atoms with Crippen molar-refractivity contribution in [3.05, 3.63) is 12.7 Å². The average molecular weight is 141 g/mol. The average Bonchev–Trinajstić information content (AvgIpc) is 2.37. The molecule has 1 saturated heterocycles. The molecule has 1 aliphatic heterocycles. The van der Waals surface area contributed by atoms with Gasteiger partial charge in [-0.05, 0) is 18.9 Å². The molecule has 1 atom stereocenters. The molecule has 10 heavy (non-hydrogen) atoms. The highest BCUT2D eigenvalue weighted by Gasteiger charge is 2.19. The molecular weight excluding hydrogens is 126 g/mol. The van der Waals surface area contributed by atoms with Gasteiger partial charge in [-0.15, -0.1) is 6.58 Å². The maximum atomic E-state index is 8.80. The monoisotopic (exact) mass is 141 g/mol. The van der Waals surface area contributed by atoms with E-state index in [1.54, 1.807) is 0 Å². The fraction of sp³-hybridized carbons (Fsp3) is 0.750. The minimum atomic E-state index is 0.341. The van der Waals surface area contributed by atoms with Crippen molar-refractivity contribution in [2.75, 3.05) is 26.2 Å². The van der Waals surface area contributed by atoms with Gasteiger partial charge in [0.05, 0.1) is 0 Å². The first-order valence-corrected chi connectivity index (χ1v) is 3.81. The molecule has 0 bridgehead atoms. The third kappa shape index (κ3) is 1.82. The molecule has 1 rings (SSSR count). The SMILES string of the molecule is C=CCN1CC[C@@H](CO)C1. The standard InChI is InChI=1S/C8H15NO/c1-2-4-9-5-3-8(6-9)7-10/h2,8,10H,1,3-7H2/t8-/m1/s1. The van der Waals surface area contributed by atoms with Crippen molar-refractivity contribution in [2.45, 2.75) is 6.42 Å². The van der Waals surface area contributed by atoms with Crippen LogP contribution >= 0.6 is 0 Å². The minimum absolute atomic E-state index is 0.341. The highest BCUT2D eigenvalue weighted by Crippen LogP contribution is 2.14. The van der Waals surface area contributed by atoms with E-state index in [-0.39, 0.29) is 0 Å². The molecular formula is C8H15NO. The molecule has 0 aromatic rings. The second-order valence-electron chi connectivity index (χ2n) is 2.89. The van der Waals surface area contributed by atoms with E-state index in [9.17, 15) is 0 Å². The lowest BCUT2D eigenvalue weighted by atomic mass is 10.1. The molecule has 0 amide bonds. The van der Waals surface area contributed by atoms with Crippen molar-refractivity contribution in [3.8, 4) is 0 Å². The van der Waals surface area contributed by atoms with Crippen LogP contribution in [0.5, 0.6) is 0 Å². The van der Waals surface area contributed by atoms with Crippen LogP contribution in [0.2, 0.25) is 0 Å². The Morgan fingerprint density at radius 3 is 3.00 bits per heavy atom. The number of hydrogen-bond acceptors (Lipinski definition) is 2. The number of aliphatic hydroxyl groups excluding tert-OH is 1.